The van der Waals surface area contributed by atoms with Gasteiger partial charge in [0.15, 0.2) is 0 Å². The summed E-state index contributed by atoms with van der Waals surface area (Å²) >= 11 is 0. The highest BCUT2D eigenvalue weighted by molar-refractivity contribution is 5.97. The zero-order chi connectivity index (χ0) is 15.3. The maximum Gasteiger partial charge on any atom is 0.416 e. The first-order valence-corrected chi connectivity index (χ1v) is 6.05. The first-order valence-electron chi connectivity index (χ1n) is 6.05. The van der Waals surface area contributed by atoms with Crippen molar-refractivity contribution in [2.24, 2.45) is 5.73 Å². The van der Waals surface area contributed by atoms with Gasteiger partial charge in [-0.2, -0.15) is 13.2 Å². The minimum absolute atomic E-state index is 0.0804. The van der Waals surface area contributed by atoms with Crippen molar-refractivity contribution in [1.82, 2.24) is 0 Å². The van der Waals surface area contributed by atoms with E-state index < -0.39 is 17.6 Å². The first kappa shape index (κ1) is 16.3. The summed E-state index contributed by atoms with van der Waals surface area (Å²) in [6.45, 7) is 4.36. The van der Waals surface area contributed by atoms with E-state index in [0.717, 1.165) is 12.1 Å². The molecule has 0 radical (unpaired) electrons. The molecule has 3 N–H and O–H groups in total. The van der Waals surface area contributed by atoms with Crippen molar-refractivity contribution >= 4 is 5.84 Å². The van der Waals surface area contributed by atoms with Crippen molar-refractivity contribution in [3.8, 4) is 5.75 Å². The highest BCUT2D eigenvalue weighted by Gasteiger charge is 2.31. The molecular formula is C13H17F3N2O2. The smallest absolute Gasteiger partial charge is 0.416 e. The fraction of sp³-hybridized carbons (Fsp3) is 0.462. The predicted octanol–water partition coefficient (Wildman–Crippen LogP) is 2.79. The number of ether oxygens (including phenoxy) is 2. The van der Waals surface area contributed by atoms with Gasteiger partial charge in [0, 0.05) is 6.61 Å². The van der Waals surface area contributed by atoms with Gasteiger partial charge in [0.05, 0.1) is 17.7 Å². The third-order valence-electron chi connectivity index (χ3n) is 2.48. The van der Waals surface area contributed by atoms with Crippen molar-refractivity contribution in [2.45, 2.75) is 26.1 Å². The van der Waals surface area contributed by atoms with E-state index in [4.69, 9.17) is 20.6 Å². The molecule has 1 aromatic rings. The molecule has 1 rings (SSSR count). The van der Waals surface area contributed by atoms with Gasteiger partial charge in [0.25, 0.3) is 0 Å². The fourth-order valence-corrected chi connectivity index (χ4v) is 1.55. The van der Waals surface area contributed by atoms with Gasteiger partial charge in [0.2, 0.25) is 0 Å². The van der Waals surface area contributed by atoms with E-state index in [9.17, 15) is 13.2 Å². The Morgan fingerprint density at radius 3 is 2.55 bits per heavy atom. The Hall–Kier alpha value is -1.76. The van der Waals surface area contributed by atoms with Gasteiger partial charge in [-0.3, -0.25) is 5.41 Å². The zero-order valence-electron chi connectivity index (χ0n) is 11.3. The van der Waals surface area contributed by atoms with Gasteiger partial charge >= 0.3 is 6.18 Å². The Bertz CT molecular complexity index is 475. The third kappa shape index (κ3) is 4.41. The molecule has 0 aliphatic rings. The number of nitrogen functional groups attached to an aromatic ring is 1. The maximum absolute atomic E-state index is 12.6. The van der Waals surface area contributed by atoms with Crippen LogP contribution < -0.4 is 10.5 Å². The van der Waals surface area contributed by atoms with E-state index in [-0.39, 0.29) is 17.4 Å². The molecule has 0 bridgehead atoms. The molecule has 0 saturated heterocycles. The Kier molecular flexibility index (Phi) is 5.38. The Morgan fingerprint density at radius 2 is 2.05 bits per heavy atom. The minimum atomic E-state index is -4.49. The maximum atomic E-state index is 12.6. The molecule has 0 aliphatic heterocycles. The normalized spacial score (nSPS) is 13.1. The van der Waals surface area contributed by atoms with Crippen LogP contribution in [0.5, 0.6) is 5.75 Å². The Balaban J connectivity index is 2.99. The second-order valence-corrected chi connectivity index (χ2v) is 4.21. The molecule has 112 valence electrons. The second-order valence-electron chi connectivity index (χ2n) is 4.21. The summed E-state index contributed by atoms with van der Waals surface area (Å²) in [4.78, 5) is 0. The van der Waals surface area contributed by atoms with Gasteiger partial charge < -0.3 is 15.2 Å². The lowest BCUT2D eigenvalue weighted by molar-refractivity contribution is -0.137. The van der Waals surface area contributed by atoms with Gasteiger partial charge in [-0.1, -0.05) is 0 Å². The first-order chi connectivity index (χ1) is 9.25. The SMILES string of the molecule is CCOCC(C)Oc1ccc(C(F)(F)F)cc1C(=N)N. The van der Waals surface area contributed by atoms with E-state index in [0.29, 0.717) is 13.2 Å². The number of alkyl halides is 3. The van der Waals surface area contributed by atoms with Crippen LogP contribution in [-0.4, -0.2) is 25.2 Å². The summed E-state index contributed by atoms with van der Waals surface area (Å²) in [5.41, 5.74) is 4.36. The van der Waals surface area contributed by atoms with E-state index in [2.05, 4.69) is 0 Å². The van der Waals surface area contributed by atoms with Gasteiger partial charge in [0.1, 0.15) is 17.7 Å². The van der Waals surface area contributed by atoms with Crippen molar-refractivity contribution in [3.63, 3.8) is 0 Å². The van der Waals surface area contributed by atoms with Crippen LogP contribution in [-0.2, 0) is 10.9 Å². The van der Waals surface area contributed by atoms with Crippen LogP contribution in [0, 0.1) is 5.41 Å². The number of hydrogen-bond acceptors (Lipinski definition) is 3. The lowest BCUT2D eigenvalue weighted by atomic mass is 10.1. The Labute approximate surface area is 115 Å². The number of halogens is 3. The van der Waals surface area contributed by atoms with Crippen molar-refractivity contribution in [3.05, 3.63) is 29.3 Å². The average Bonchev–Trinajstić information content (AvgIpc) is 2.35. The molecule has 4 nitrogen and oxygen atoms in total. The van der Waals surface area contributed by atoms with Gasteiger partial charge in [-0.15, -0.1) is 0 Å². The number of benzene rings is 1. The number of rotatable bonds is 6. The molecule has 0 fully saturated rings. The number of amidine groups is 1. The molecule has 1 unspecified atom stereocenters. The van der Waals surface area contributed by atoms with Crippen LogP contribution in [0.15, 0.2) is 18.2 Å². The summed E-state index contributed by atoms with van der Waals surface area (Å²) in [5.74, 6) is -0.340. The molecule has 1 atom stereocenters. The third-order valence-corrected chi connectivity index (χ3v) is 2.48. The van der Waals surface area contributed by atoms with Crippen LogP contribution in [0.1, 0.15) is 25.0 Å². The van der Waals surface area contributed by atoms with E-state index in [1.807, 2.05) is 6.92 Å². The number of nitrogens with one attached hydrogen (secondary N) is 1. The van der Waals surface area contributed by atoms with Crippen LogP contribution in [0.2, 0.25) is 0 Å². The Morgan fingerprint density at radius 1 is 1.40 bits per heavy atom. The van der Waals surface area contributed by atoms with Gasteiger partial charge in [-0.25, -0.2) is 0 Å². The van der Waals surface area contributed by atoms with Crippen molar-refractivity contribution in [1.29, 1.82) is 5.41 Å². The second kappa shape index (κ2) is 6.60. The van der Waals surface area contributed by atoms with Crippen LogP contribution in [0.4, 0.5) is 13.2 Å². The molecule has 1 aromatic carbocycles. The van der Waals surface area contributed by atoms with E-state index in [1.165, 1.54) is 6.07 Å². The lowest BCUT2D eigenvalue weighted by Crippen LogP contribution is -2.22. The highest BCUT2D eigenvalue weighted by Crippen LogP contribution is 2.32. The molecule has 20 heavy (non-hydrogen) atoms. The number of hydrogen-bond donors (Lipinski definition) is 2. The summed E-state index contributed by atoms with van der Waals surface area (Å²) in [6, 6.07) is 2.88. The van der Waals surface area contributed by atoms with Crippen LogP contribution >= 0.6 is 0 Å². The monoisotopic (exact) mass is 290 g/mol. The molecule has 7 heteroatoms. The van der Waals surface area contributed by atoms with Gasteiger partial charge in [-0.05, 0) is 32.0 Å². The summed E-state index contributed by atoms with van der Waals surface area (Å²) in [6.07, 6.45) is -4.84. The lowest BCUT2D eigenvalue weighted by Gasteiger charge is -2.18. The molecule has 0 aromatic heterocycles. The molecule has 0 saturated carbocycles. The van der Waals surface area contributed by atoms with Crippen LogP contribution in [0.3, 0.4) is 0 Å². The summed E-state index contributed by atoms with van der Waals surface area (Å²) in [5, 5.41) is 7.36. The van der Waals surface area contributed by atoms with Crippen molar-refractivity contribution in [2.75, 3.05) is 13.2 Å². The molecule has 0 aliphatic carbocycles. The molecule has 0 heterocycles. The summed E-state index contributed by atoms with van der Waals surface area (Å²) < 4.78 is 48.5. The number of nitrogens with two attached hydrogens (primary N) is 1. The standard InChI is InChI=1S/C13H17F3N2O2/c1-3-19-7-8(2)20-11-5-4-9(13(14,15)16)6-10(11)12(17)18/h4-6,8H,3,7H2,1-2H3,(H3,17,18). The van der Waals surface area contributed by atoms with E-state index in [1.54, 1.807) is 6.92 Å². The predicted molar refractivity (Wildman–Crippen MR) is 69.0 cm³/mol. The topological polar surface area (TPSA) is 68.3 Å². The van der Waals surface area contributed by atoms with Crippen LogP contribution in [0.25, 0.3) is 0 Å². The van der Waals surface area contributed by atoms with Crippen molar-refractivity contribution < 1.29 is 22.6 Å². The molecular weight excluding hydrogens is 273 g/mol. The summed E-state index contributed by atoms with van der Waals surface area (Å²) in [7, 11) is 0. The van der Waals surface area contributed by atoms with E-state index >= 15 is 0 Å². The largest absolute Gasteiger partial charge is 0.488 e. The highest BCUT2D eigenvalue weighted by atomic mass is 19.4. The zero-order valence-corrected chi connectivity index (χ0v) is 11.3. The average molecular weight is 290 g/mol. The molecule has 0 amide bonds. The quantitative estimate of drug-likeness (QED) is 0.625. The minimum Gasteiger partial charge on any atom is -0.488 e. The molecule has 0 spiro atoms. The fourth-order valence-electron chi connectivity index (χ4n) is 1.55.